The van der Waals surface area contributed by atoms with Crippen LogP contribution in [0.15, 0.2) is 29.2 Å². The summed E-state index contributed by atoms with van der Waals surface area (Å²) < 4.78 is 27.1. The third kappa shape index (κ3) is 5.47. The third-order valence-electron chi connectivity index (χ3n) is 4.35. The van der Waals surface area contributed by atoms with Gasteiger partial charge in [-0.3, -0.25) is 4.79 Å². The Morgan fingerprint density at radius 1 is 1.26 bits per heavy atom. The standard InChI is InChI=1S/C20H20N4O5S2/c1-3-4-8-24(9-7-21)31(28,29)18-11-17(30-13(18)2)19(25)23-16-6-5-14(12-22)10-15(16)20(26)27/h5-6,10-11H,3-4,8-9H2,1-2H3,(H,23,25)(H,26,27). The van der Waals surface area contributed by atoms with E-state index in [1.165, 1.54) is 18.2 Å². The number of thiophene rings is 1. The van der Waals surface area contributed by atoms with Gasteiger partial charge in [-0.1, -0.05) is 13.3 Å². The Balaban J connectivity index is 2.36. The number of unbranched alkanes of at least 4 members (excludes halogenated alkanes) is 1. The van der Waals surface area contributed by atoms with E-state index in [-0.39, 0.29) is 39.7 Å². The van der Waals surface area contributed by atoms with Crippen LogP contribution in [0.2, 0.25) is 0 Å². The van der Waals surface area contributed by atoms with Crippen LogP contribution in [-0.4, -0.2) is 42.8 Å². The summed E-state index contributed by atoms with van der Waals surface area (Å²) in [7, 11) is -3.97. The van der Waals surface area contributed by atoms with E-state index in [0.29, 0.717) is 11.3 Å². The summed E-state index contributed by atoms with van der Waals surface area (Å²) in [4.78, 5) is 24.5. The number of amides is 1. The van der Waals surface area contributed by atoms with Crippen LogP contribution in [0.1, 0.15) is 50.2 Å². The molecule has 0 bridgehead atoms. The molecule has 0 spiro atoms. The molecule has 2 rings (SSSR count). The number of nitriles is 2. The van der Waals surface area contributed by atoms with E-state index in [1.807, 2.05) is 19.1 Å². The highest BCUT2D eigenvalue weighted by Crippen LogP contribution is 2.29. The van der Waals surface area contributed by atoms with Gasteiger partial charge in [0, 0.05) is 11.4 Å². The first kappa shape index (κ1) is 24.0. The van der Waals surface area contributed by atoms with Gasteiger partial charge in [-0.25, -0.2) is 13.2 Å². The topological polar surface area (TPSA) is 151 Å². The van der Waals surface area contributed by atoms with Crippen molar-refractivity contribution < 1.29 is 23.1 Å². The number of carbonyl (C=O) groups excluding carboxylic acids is 1. The predicted molar refractivity (Wildman–Crippen MR) is 114 cm³/mol. The zero-order valence-corrected chi connectivity index (χ0v) is 18.5. The van der Waals surface area contributed by atoms with Gasteiger partial charge in [-0.05, 0) is 37.6 Å². The fourth-order valence-electron chi connectivity index (χ4n) is 2.75. The second-order valence-corrected chi connectivity index (χ2v) is 9.68. The molecule has 0 saturated heterocycles. The Bertz CT molecular complexity index is 1190. The Hall–Kier alpha value is -3.25. The summed E-state index contributed by atoms with van der Waals surface area (Å²) in [5, 5.41) is 29.7. The van der Waals surface area contributed by atoms with Gasteiger partial charge in [0.2, 0.25) is 10.0 Å². The molecule has 162 valence electrons. The molecule has 0 saturated carbocycles. The van der Waals surface area contributed by atoms with Crippen molar-refractivity contribution in [3.63, 3.8) is 0 Å². The number of hydrogen-bond acceptors (Lipinski definition) is 7. The minimum Gasteiger partial charge on any atom is -0.478 e. The molecule has 0 aliphatic rings. The lowest BCUT2D eigenvalue weighted by molar-refractivity contribution is 0.0698. The largest absolute Gasteiger partial charge is 0.478 e. The van der Waals surface area contributed by atoms with Crippen LogP contribution in [0.4, 0.5) is 5.69 Å². The lowest BCUT2D eigenvalue weighted by Crippen LogP contribution is -2.32. The van der Waals surface area contributed by atoms with E-state index in [2.05, 4.69) is 5.32 Å². The zero-order chi connectivity index (χ0) is 23.2. The Labute approximate surface area is 184 Å². The van der Waals surface area contributed by atoms with Gasteiger partial charge in [0.05, 0.1) is 38.7 Å². The van der Waals surface area contributed by atoms with Crippen molar-refractivity contribution in [2.24, 2.45) is 0 Å². The van der Waals surface area contributed by atoms with E-state index in [9.17, 15) is 23.1 Å². The fraction of sp³-hybridized carbons (Fsp3) is 0.300. The summed E-state index contributed by atoms with van der Waals surface area (Å²) in [5.41, 5.74) is -0.144. The van der Waals surface area contributed by atoms with Crippen LogP contribution in [0.3, 0.4) is 0 Å². The summed E-state index contributed by atoms with van der Waals surface area (Å²) in [6.07, 6.45) is 1.35. The maximum atomic E-state index is 13.0. The smallest absolute Gasteiger partial charge is 0.337 e. The van der Waals surface area contributed by atoms with Crippen molar-refractivity contribution in [2.75, 3.05) is 18.4 Å². The van der Waals surface area contributed by atoms with Gasteiger partial charge >= 0.3 is 5.97 Å². The van der Waals surface area contributed by atoms with Crippen LogP contribution in [0.25, 0.3) is 0 Å². The fourth-order valence-corrected chi connectivity index (χ4v) is 5.58. The zero-order valence-electron chi connectivity index (χ0n) is 16.9. The van der Waals surface area contributed by atoms with Gasteiger partial charge in [-0.15, -0.1) is 11.3 Å². The average molecular weight is 461 g/mol. The molecule has 2 aromatic rings. The lowest BCUT2D eigenvalue weighted by Gasteiger charge is -2.18. The van der Waals surface area contributed by atoms with Crippen molar-refractivity contribution in [3.8, 4) is 12.1 Å². The van der Waals surface area contributed by atoms with Crippen molar-refractivity contribution in [2.45, 2.75) is 31.6 Å². The van der Waals surface area contributed by atoms with E-state index in [0.717, 1.165) is 28.1 Å². The van der Waals surface area contributed by atoms with E-state index in [1.54, 1.807) is 6.92 Å². The molecular formula is C20H20N4O5S2. The second kappa shape index (κ2) is 10.2. The highest BCUT2D eigenvalue weighted by Gasteiger charge is 2.29. The number of anilines is 1. The number of carboxylic acids is 1. The summed E-state index contributed by atoms with van der Waals surface area (Å²) in [6.45, 7) is 3.36. The van der Waals surface area contributed by atoms with E-state index in [4.69, 9.17) is 10.5 Å². The molecule has 9 nitrogen and oxygen atoms in total. The molecule has 0 fully saturated rings. The summed E-state index contributed by atoms with van der Waals surface area (Å²) in [6, 6.07) is 8.72. The average Bonchev–Trinajstić information content (AvgIpc) is 3.13. The van der Waals surface area contributed by atoms with Crippen molar-refractivity contribution in [1.29, 1.82) is 10.5 Å². The molecule has 0 unspecified atom stereocenters. The van der Waals surface area contributed by atoms with Gasteiger partial charge in [0.25, 0.3) is 5.91 Å². The first-order chi connectivity index (χ1) is 14.6. The Kier molecular flexibility index (Phi) is 7.89. The molecule has 0 atom stereocenters. The molecule has 1 heterocycles. The van der Waals surface area contributed by atoms with Crippen molar-refractivity contribution in [1.82, 2.24) is 4.31 Å². The van der Waals surface area contributed by atoms with Crippen LogP contribution < -0.4 is 5.32 Å². The number of hydrogen-bond donors (Lipinski definition) is 2. The molecule has 1 aromatic carbocycles. The number of aryl methyl sites for hydroxylation is 1. The van der Waals surface area contributed by atoms with Crippen molar-refractivity contribution >= 4 is 38.9 Å². The predicted octanol–water partition coefficient (Wildman–Crippen LogP) is 3.19. The van der Waals surface area contributed by atoms with Gasteiger partial charge in [-0.2, -0.15) is 14.8 Å². The molecule has 1 aromatic heterocycles. The number of rotatable bonds is 9. The third-order valence-corrected chi connectivity index (χ3v) is 7.50. The van der Waals surface area contributed by atoms with Gasteiger partial charge in [0.15, 0.2) is 0 Å². The van der Waals surface area contributed by atoms with Crippen LogP contribution in [0, 0.1) is 29.6 Å². The van der Waals surface area contributed by atoms with E-state index >= 15 is 0 Å². The highest BCUT2D eigenvalue weighted by molar-refractivity contribution is 7.89. The molecule has 31 heavy (non-hydrogen) atoms. The Morgan fingerprint density at radius 3 is 2.55 bits per heavy atom. The first-order valence-electron chi connectivity index (χ1n) is 9.22. The minimum absolute atomic E-state index is 0.0130. The number of carboxylic acid groups (broad SMARTS) is 1. The SMILES string of the molecule is CCCCN(CC#N)S(=O)(=O)c1cc(C(=O)Nc2ccc(C#N)cc2C(=O)O)sc1C. The van der Waals surface area contributed by atoms with Crippen LogP contribution in [0.5, 0.6) is 0 Å². The molecule has 2 N–H and O–H groups in total. The maximum Gasteiger partial charge on any atom is 0.337 e. The number of carbonyl (C=O) groups is 2. The molecule has 0 aliphatic heterocycles. The van der Waals surface area contributed by atoms with Crippen LogP contribution in [-0.2, 0) is 10.0 Å². The summed E-state index contributed by atoms with van der Waals surface area (Å²) in [5.74, 6) is -2.00. The van der Waals surface area contributed by atoms with Gasteiger partial charge in [0.1, 0.15) is 6.54 Å². The van der Waals surface area contributed by atoms with Crippen LogP contribution >= 0.6 is 11.3 Å². The van der Waals surface area contributed by atoms with Gasteiger partial charge < -0.3 is 10.4 Å². The summed E-state index contributed by atoms with van der Waals surface area (Å²) >= 11 is 0.949. The second-order valence-electron chi connectivity index (χ2n) is 6.51. The number of nitrogens with zero attached hydrogens (tertiary/aromatic N) is 3. The Morgan fingerprint density at radius 2 is 1.97 bits per heavy atom. The molecule has 0 aliphatic carbocycles. The first-order valence-corrected chi connectivity index (χ1v) is 11.5. The normalized spacial score (nSPS) is 11.0. The number of sulfonamides is 1. The highest BCUT2D eigenvalue weighted by atomic mass is 32.2. The number of aromatic carboxylic acids is 1. The quantitative estimate of drug-likeness (QED) is 0.545. The van der Waals surface area contributed by atoms with E-state index < -0.39 is 21.9 Å². The lowest BCUT2D eigenvalue weighted by atomic mass is 10.1. The maximum absolute atomic E-state index is 13.0. The molecule has 1 amide bonds. The monoisotopic (exact) mass is 460 g/mol. The molecular weight excluding hydrogens is 440 g/mol. The van der Waals surface area contributed by atoms with Crippen molar-refractivity contribution in [3.05, 3.63) is 45.1 Å². The minimum atomic E-state index is -3.97. The number of benzene rings is 1. The molecule has 11 heteroatoms. The number of nitrogens with one attached hydrogen (secondary N) is 1. The molecule has 0 radical (unpaired) electrons.